The van der Waals surface area contributed by atoms with Gasteiger partial charge in [-0.1, -0.05) is 50.2 Å². The maximum absolute atomic E-state index is 13.6. The highest BCUT2D eigenvalue weighted by Gasteiger charge is 2.23. The summed E-state index contributed by atoms with van der Waals surface area (Å²) in [6, 6.07) is 23.9. The second-order valence-corrected chi connectivity index (χ2v) is 8.82. The molecular formula is C26H26N2O2S. The summed E-state index contributed by atoms with van der Waals surface area (Å²) in [5.41, 5.74) is 2.67. The monoisotopic (exact) mass is 430 g/mol. The van der Waals surface area contributed by atoms with Crippen molar-refractivity contribution in [2.45, 2.75) is 43.3 Å². The molecule has 1 amide bonds. The van der Waals surface area contributed by atoms with E-state index in [1.165, 1.54) is 0 Å². The fraction of sp³-hybridized carbons (Fsp3) is 0.231. The Hall–Kier alpha value is -3.05. The average Bonchev–Trinajstić information content (AvgIpc) is 3.13. The molecule has 31 heavy (non-hydrogen) atoms. The number of aromatic nitrogens is 1. The molecule has 5 heteroatoms. The van der Waals surface area contributed by atoms with Crippen molar-refractivity contribution in [1.82, 2.24) is 4.57 Å². The molecule has 0 radical (unpaired) electrons. The number of para-hydroxylation sites is 2. The molecule has 158 valence electrons. The van der Waals surface area contributed by atoms with Crippen molar-refractivity contribution in [1.29, 1.82) is 0 Å². The van der Waals surface area contributed by atoms with Gasteiger partial charge in [0.1, 0.15) is 0 Å². The number of carbonyl (C=O) groups excluding carboxylic acids is 2. The van der Waals surface area contributed by atoms with E-state index < -0.39 is 0 Å². The zero-order valence-corrected chi connectivity index (χ0v) is 18.6. The van der Waals surface area contributed by atoms with Gasteiger partial charge in [0.25, 0.3) is 0 Å². The number of nitrogens with zero attached hydrogens (tertiary/aromatic N) is 1. The Balaban J connectivity index is 1.60. The summed E-state index contributed by atoms with van der Waals surface area (Å²) in [5.74, 6) is 0.112. The number of fused-ring (bicyclic) bond motifs is 3. The first-order valence-corrected chi connectivity index (χ1v) is 11.6. The van der Waals surface area contributed by atoms with Gasteiger partial charge in [-0.2, -0.15) is 0 Å². The van der Waals surface area contributed by atoms with Crippen molar-refractivity contribution in [3.63, 3.8) is 0 Å². The molecule has 1 atom stereocenters. The van der Waals surface area contributed by atoms with Gasteiger partial charge in [0.2, 0.25) is 11.8 Å². The van der Waals surface area contributed by atoms with Crippen LogP contribution in [0.15, 0.2) is 77.7 Å². The molecule has 4 rings (SSSR count). The third-order valence-corrected chi connectivity index (χ3v) is 6.70. The normalized spacial score (nSPS) is 12.2. The maximum atomic E-state index is 13.6. The molecule has 0 saturated carbocycles. The fourth-order valence-electron chi connectivity index (χ4n) is 3.84. The molecule has 0 spiro atoms. The van der Waals surface area contributed by atoms with Crippen LogP contribution in [0.25, 0.3) is 21.8 Å². The maximum Gasteiger partial charge on any atom is 0.245 e. The lowest BCUT2D eigenvalue weighted by atomic mass is 10.2. The third kappa shape index (κ3) is 4.37. The van der Waals surface area contributed by atoms with E-state index in [1.54, 1.807) is 11.8 Å². The van der Waals surface area contributed by atoms with Crippen LogP contribution in [0.3, 0.4) is 0 Å². The number of carbonyl (C=O) groups is 2. The van der Waals surface area contributed by atoms with E-state index in [-0.39, 0.29) is 17.1 Å². The van der Waals surface area contributed by atoms with Crippen LogP contribution in [0, 0.1) is 0 Å². The van der Waals surface area contributed by atoms with E-state index in [0.717, 1.165) is 45.2 Å². The summed E-state index contributed by atoms with van der Waals surface area (Å²) in [4.78, 5) is 26.4. The highest BCUT2D eigenvalue weighted by Crippen LogP contribution is 2.33. The van der Waals surface area contributed by atoms with E-state index in [1.807, 2.05) is 79.1 Å². The summed E-state index contributed by atoms with van der Waals surface area (Å²) in [6.07, 6.45) is 2.06. The van der Waals surface area contributed by atoms with E-state index in [0.29, 0.717) is 6.42 Å². The van der Waals surface area contributed by atoms with E-state index in [2.05, 4.69) is 17.4 Å². The smallest absolute Gasteiger partial charge is 0.245 e. The second-order valence-electron chi connectivity index (χ2n) is 7.55. The standard InChI is InChI=1S/C26H26N2O2S/c1-3-9-25(29)27-18-14-16-19(17-15-18)31-24(4-2)26(30)28-22-12-7-5-10-20(22)21-11-6-8-13-23(21)28/h5-8,10-17,24H,3-4,9H2,1-2H3,(H,27,29). The first-order chi connectivity index (χ1) is 15.1. The average molecular weight is 431 g/mol. The van der Waals surface area contributed by atoms with Gasteiger partial charge < -0.3 is 5.32 Å². The highest BCUT2D eigenvalue weighted by atomic mass is 32.2. The van der Waals surface area contributed by atoms with Crippen LogP contribution >= 0.6 is 11.8 Å². The fourth-order valence-corrected chi connectivity index (χ4v) is 4.84. The molecular weight excluding hydrogens is 404 g/mol. The molecule has 0 aliphatic rings. The second kappa shape index (κ2) is 9.40. The largest absolute Gasteiger partial charge is 0.326 e. The minimum atomic E-state index is -0.209. The molecule has 0 aliphatic heterocycles. The number of hydrogen-bond donors (Lipinski definition) is 1. The number of nitrogens with one attached hydrogen (secondary N) is 1. The Kier molecular flexibility index (Phi) is 6.42. The topological polar surface area (TPSA) is 51.1 Å². The number of thioether (sulfide) groups is 1. The summed E-state index contributed by atoms with van der Waals surface area (Å²) in [6.45, 7) is 4.03. The first-order valence-electron chi connectivity index (χ1n) is 10.7. The number of anilines is 1. The minimum absolute atomic E-state index is 0.0240. The molecule has 1 aromatic heterocycles. The Bertz CT molecular complexity index is 1170. The Labute approximate surface area is 186 Å². The lowest BCUT2D eigenvalue weighted by Gasteiger charge is -2.16. The molecule has 0 aliphatic carbocycles. The van der Waals surface area contributed by atoms with Crippen molar-refractivity contribution < 1.29 is 9.59 Å². The number of rotatable bonds is 7. The summed E-state index contributed by atoms with van der Waals surface area (Å²) in [7, 11) is 0. The Morgan fingerprint density at radius 1 is 0.871 bits per heavy atom. The molecule has 0 fully saturated rings. The highest BCUT2D eigenvalue weighted by molar-refractivity contribution is 8.00. The summed E-state index contributed by atoms with van der Waals surface area (Å²) >= 11 is 1.57. The molecule has 0 saturated heterocycles. The number of amides is 1. The van der Waals surface area contributed by atoms with Gasteiger partial charge >= 0.3 is 0 Å². The number of benzene rings is 3. The lowest BCUT2D eigenvalue weighted by molar-refractivity contribution is -0.116. The third-order valence-electron chi connectivity index (χ3n) is 5.34. The summed E-state index contributed by atoms with van der Waals surface area (Å²) < 4.78 is 1.87. The van der Waals surface area contributed by atoms with Crippen molar-refractivity contribution >= 4 is 51.1 Å². The molecule has 4 nitrogen and oxygen atoms in total. The van der Waals surface area contributed by atoms with Crippen LogP contribution in [-0.2, 0) is 4.79 Å². The molecule has 0 bridgehead atoms. The van der Waals surface area contributed by atoms with Gasteiger partial charge in [0.05, 0.1) is 16.3 Å². The van der Waals surface area contributed by atoms with Crippen LogP contribution in [0.2, 0.25) is 0 Å². The minimum Gasteiger partial charge on any atom is -0.326 e. The van der Waals surface area contributed by atoms with E-state index in [4.69, 9.17) is 0 Å². The predicted octanol–water partition coefficient (Wildman–Crippen LogP) is 6.74. The molecule has 1 heterocycles. The van der Waals surface area contributed by atoms with Gasteiger partial charge in [0.15, 0.2) is 0 Å². The molecule has 1 N–H and O–H groups in total. The lowest BCUT2D eigenvalue weighted by Crippen LogP contribution is -2.23. The van der Waals surface area contributed by atoms with Crippen molar-refractivity contribution in [3.8, 4) is 0 Å². The van der Waals surface area contributed by atoms with Crippen molar-refractivity contribution in [2.24, 2.45) is 0 Å². The zero-order chi connectivity index (χ0) is 21.8. The van der Waals surface area contributed by atoms with Gasteiger partial charge in [-0.15, -0.1) is 11.8 Å². The van der Waals surface area contributed by atoms with Gasteiger partial charge in [-0.3, -0.25) is 14.2 Å². The number of hydrogen-bond acceptors (Lipinski definition) is 3. The molecule has 4 aromatic rings. The Morgan fingerprint density at radius 2 is 1.45 bits per heavy atom. The van der Waals surface area contributed by atoms with E-state index in [9.17, 15) is 9.59 Å². The zero-order valence-electron chi connectivity index (χ0n) is 17.8. The molecule has 3 aromatic carbocycles. The van der Waals surface area contributed by atoms with Crippen LogP contribution in [0.1, 0.15) is 37.9 Å². The van der Waals surface area contributed by atoms with Crippen molar-refractivity contribution in [2.75, 3.05) is 5.32 Å². The van der Waals surface area contributed by atoms with Crippen LogP contribution < -0.4 is 5.32 Å². The van der Waals surface area contributed by atoms with Crippen LogP contribution in [0.5, 0.6) is 0 Å². The SMILES string of the molecule is CCCC(=O)Nc1ccc(SC(CC)C(=O)n2c3ccccc3c3ccccc32)cc1. The van der Waals surface area contributed by atoms with Gasteiger partial charge in [-0.25, -0.2) is 0 Å². The van der Waals surface area contributed by atoms with E-state index >= 15 is 0 Å². The van der Waals surface area contributed by atoms with Gasteiger partial charge in [-0.05, 0) is 49.2 Å². The van der Waals surface area contributed by atoms with Crippen LogP contribution in [0.4, 0.5) is 5.69 Å². The molecule has 1 unspecified atom stereocenters. The van der Waals surface area contributed by atoms with Crippen molar-refractivity contribution in [3.05, 3.63) is 72.8 Å². The van der Waals surface area contributed by atoms with Crippen LogP contribution in [-0.4, -0.2) is 21.6 Å². The van der Waals surface area contributed by atoms with Gasteiger partial charge in [0, 0.05) is 27.8 Å². The quantitative estimate of drug-likeness (QED) is 0.330. The summed E-state index contributed by atoms with van der Waals surface area (Å²) in [5, 5.41) is 4.89. The Morgan fingerprint density at radius 3 is 2.00 bits per heavy atom. The first kappa shape index (κ1) is 21.2. The predicted molar refractivity (Wildman–Crippen MR) is 130 cm³/mol.